The molecule has 44 heteroatoms. The average molecular weight is 2010 g/mol. The van der Waals surface area contributed by atoms with Crippen molar-refractivity contribution < 1.29 is 89.2 Å². The van der Waals surface area contributed by atoms with Crippen LogP contribution in [0.3, 0.4) is 0 Å². The Balaban J connectivity index is 0.000000161. The van der Waals surface area contributed by atoms with Gasteiger partial charge in [0.05, 0.1) is 136 Å². The number of aryl methyl sites for hydroxylation is 4. The zero-order valence-corrected chi connectivity index (χ0v) is 79.2. The molecule has 0 amide bonds. The first-order chi connectivity index (χ1) is 68.9. The molecule has 12 aromatic rings. The smallest absolute Gasteiger partial charge is 0.377 e. The monoisotopic (exact) mass is 2010 g/mol. The lowest BCUT2D eigenvalue weighted by molar-refractivity contribution is -0.138. The molecule has 0 radical (unpaired) electrons. The molecule has 8 aromatic carbocycles. The van der Waals surface area contributed by atoms with E-state index in [0.29, 0.717) is 137 Å². The lowest BCUT2D eigenvalue weighted by Crippen LogP contribution is -2.46. The number of morpholine rings is 4. The van der Waals surface area contributed by atoms with E-state index in [1.807, 2.05) is 94.4 Å². The first-order valence-electron chi connectivity index (χ1n) is 45.9. The van der Waals surface area contributed by atoms with Crippen molar-refractivity contribution in [2.24, 2.45) is 20.4 Å². The fourth-order valence-electron chi connectivity index (χ4n) is 15.4. The van der Waals surface area contributed by atoms with E-state index in [1.54, 1.807) is 103 Å². The van der Waals surface area contributed by atoms with Crippen LogP contribution in [0.2, 0.25) is 0 Å². The predicted molar refractivity (Wildman–Crippen MR) is 525 cm³/mol. The van der Waals surface area contributed by atoms with Gasteiger partial charge in [-0.25, -0.2) is 59.2 Å². The topological polar surface area (TPSA) is 299 Å². The summed E-state index contributed by atoms with van der Waals surface area (Å²) < 4.78 is 235. The molecular weight excluding hydrogens is 1910 g/mol. The van der Waals surface area contributed by atoms with E-state index in [4.69, 9.17) is 18.9 Å². The van der Waals surface area contributed by atoms with E-state index in [1.165, 1.54) is 24.3 Å². The summed E-state index contributed by atoms with van der Waals surface area (Å²) in [6.07, 6.45) is -3.91. The van der Waals surface area contributed by atoms with Crippen molar-refractivity contribution >= 4 is 117 Å². The van der Waals surface area contributed by atoms with Crippen molar-refractivity contribution in [1.29, 1.82) is 0 Å². The highest BCUT2D eigenvalue weighted by Crippen LogP contribution is 2.38. The standard InChI is InChI=1S/C26H28F4N6O.2C25H26F4N6O.C24H24F4N6O/c1-3-17-12-21(33-20-7-5-6-19(13-20)26(28,29)30)9-8-18(17)14-32-35-25-31-15-23(27)24(34-25)36-10-11-37-16-22(36)4-2;1-3-17-11-21(32-20-6-4-5-19(12-20)25(27,28)29)8-7-18(17)13-31-34-24-30-14-22(26)23(33-24)35-9-10-36-15-16(35)2;1-3-21-15-35(9-10-36-21)23-22(26)14-30-24(33-23)34-31-13-17-7-8-20(11-16(17)2)32-19-6-4-5-18(12-19)25(27,28)29;1-15-10-20(31-19-5-3-4-18(11-19)24(26,27)28)7-6-17(15)12-30-33-23-29-13-21(25)22(32-23)34-8-9-35-16(2)14-34/h5-9,12-15,22,33H,3-4,10-11,16H2,1-2H3,(H,31,34,35);4-8,11-14,16,32H,3,9-10,15H2,1-2H3,(H,30,33,34);4-8,11-14,21,32H,3,9-10,15H2,1-2H3,(H,30,33,34);3-7,10-13,16,31H,8-9,14H2,1-2H3,(H,29,32,33)/b32-14+;2*31-13+;30-12+. The van der Waals surface area contributed by atoms with Gasteiger partial charge in [-0.3, -0.25) is 0 Å². The van der Waals surface area contributed by atoms with Crippen molar-refractivity contribution in [3.63, 3.8) is 0 Å². The molecule has 0 saturated carbocycles. The quantitative estimate of drug-likeness (QED) is 0.0128. The highest BCUT2D eigenvalue weighted by atomic mass is 19.4. The molecule has 0 spiro atoms. The second kappa shape index (κ2) is 49.2. The van der Waals surface area contributed by atoms with Gasteiger partial charge in [-0.05, 0) is 219 Å². The van der Waals surface area contributed by atoms with Crippen molar-refractivity contribution in [3.05, 3.63) is 285 Å². The number of nitrogens with one attached hydrogen (secondary N) is 8. The van der Waals surface area contributed by atoms with E-state index in [2.05, 4.69) is 103 Å². The van der Waals surface area contributed by atoms with Crippen LogP contribution in [0.1, 0.15) is 121 Å². The van der Waals surface area contributed by atoms with Crippen molar-refractivity contribution in [3.8, 4) is 0 Å². The minimum absolute atomic E-state index is 0.0188. The van der Waals surface area contributed by atoms with E-state index < -0.39 is 70.2 Å². The lowest BCUT2D eigenvalue weighted by atomic mass is 10.0. The van der Waals surface area contributed by atoms with Crippen LogP contribution >= 0.6 is 0 Å². The Kier molecular flexibility index (Phi) is 36.3. The van der Waals surface area contributed by atoms with Gasteiger partial charge in [-0.1, -0.05) is 76.2 Å². The summed E-state index contributed by atoms with van der Waals surface area (Å²) >= 11 is 0. The van der Waals surface area contributed by atoms with Crippen LogP contribution in [0, 0.1) is 37.1 Å². The van der Waals surface area contributed by atoms with Gasteiger partial charge < -0.3 is 59.8 Å². The Morgan fingerprint density at radius 3 is 1.04 bits per heavy atom. The molecule has 4 unspecified atom stereocenters. The van der Waals surface area contributed by atoms with E-state index in [9.17, 15) is 70.2 Å². The molecule has 144 heavy (non-hydrogen) atoms. The number of anilines is 16. The van der Waals surface area contributed by atoms with E-state index in [-0.39, 0.29) is 71.4 Å². The van der Waals surface area contributed by atoms with Crippen LogP contribution < -0.4 is 62.6 Å². The molecule has 0 bridgehead atoms. The van der Waals surface area contributed by atoms with Crippen molar-refractivity contribution in [1.82, 2.24) is 39.9 Å². The number of hydrogen-bond acceptors (Lipinski definition) is 28. The van der Waals surface area contributed by atoms with Crippen LogP contribution in [0.5, 0.6) is 0 Å². The van der Waals surface area contributed by atoms with Gasteiger partial charge >= 0.3 is 24.7 Å². The number of aromatic nitrogens is 8. The molecule has 8 heterocycles. The third-order valence-electron chi connectivity index (χ3n) is 22.9. The minimum Gasteiger partial charge on any atom is -0.377 e. The molecule has 8 N–H and O–H groups in total. The molecule has 4 aliphatic heterocycles. The number of alkyl halides is 12. The Morgan fingerprint density at radius 1 is 0.361 bits per heavy atom. The summed E-state index contributed by atoms with van der Waals surface area (Å²) in [5, 5.41) is 28.7. The molecule has 4 aromatic heterocycles. The Hall–Kier alpha value is -14.9. The van der Waals surface area contributed by atoms with Gasteiger partial charge in [-0.2, -0.15) is 93.0 Å². The second-order valence-electron chi connectivity index (χ2n) is 33.4. The first-order valence-corrected chi connectivity index (χ1v) is 45.9. The normalized spacial score (nSPS) is 16.4. The number of nitrogens with zero attached hydrogens (tertiary/aromatic N) is 16. The zero-order valence-electron chi connectivity index (χ0n) is 79.2. The van der Waals surface area contributed by atoms with E-state index in [0.717, 1.165) is 131 Å². The molecule has 4 saturated heterocycles. The Morgan fingerprint density at radius 2 is 0.688 bits per heavy atom. The summed E-state index contributed by atoms with van der Waals surface area (Å²) in [6.45, 7) is 21.7. The highest BCUT2D eigenvalue weighted by molar-refractivity contribution is 5.86. The van der Waals surface area contributed by atoms with Gasteiger partial charge in [-0.15, -0.1) is 0 Å². The number of rotatable bonds is 28. The third-order valence-corrected chi connectivity index (χ3v) is 22.9. The summed E-state index contributed by atoms with van der Waals surface area (Å²) in [5.74, 6) is -0.645. The largest absolute Gasteiger partial charge is 0.416 e. The summed E-state index contributed by atoms with van der Waals surface area (Å²) in [7, 11) is 0. The number of benzene rings is 8. The number of ether oxygens (including phenoxy) is 4. The van der Waals surface area contributed by atoms with Crippen molar-refractivity contribution in [2.45, 2.75) is 130 Å². The maximum Gasteiger partial charge on any atom is 0.416 e. The molecule has 28 nitrogen and oxygen atoms in total. The number of hydrogen-bond donors (Lipinski definition) is 8. The predicted octanol–water partition coefficient (Wildman–Crippen LogP) is 22.7. The van der Waals surface area contributed by atoms with E-state index >= 15 is 0 Å². The molecule has 16 rings (SSSR count). The number of halogens is 16. The van der Waals surface area contributed by atoms with Crippen LogP contribution in [-0.4, -0.2) is 168 Å². The number of hydrazone groups is 4. The molecule has 0 aliphatic carbocycles. The fourth-order valence-corrected chi connectivity index (χ4v) is 15.4. The zero-order chi connectivity index (χ0) is 103. The average Bonchev–Trinajstić information content (AvgIpc) is 0.806. The minimum atomic E-state index is -4.41. The molecule has 4 atom stereocenters. The SMILES string of the molecule is CCC1CN(c2nc(N/N=C/c3ccc(Nc4cccc(C(F)(F)F)c4)cc3C)ncc2F)CCO1.CCc1cc(Nc2cccc(C(F)(F)F)c2)ccc1/C=N/Nc1ncc(F)c(N2CCOCC2C)n1.CCc1cc(Nc2cccc(C(F)(F)F)c2)ccc1/C=N/Nc1ncc(F)c(N2CCOCC2CC)n1.Cc1cc(Nc2cccc(C(F)(F)F)c2)ccc1/C=N/Nc1ncc(F)c(N2CCOC(C)C2)n1. The van der Waals surface area contributed by atoms with Gasteiger partial charge in [0.25, 0.3) is 0 Å². The van der Waals surface area contributed by atoms with Gasteiger partial charge in [0.15, 0.2) is 46.5 Å². The van der Waals surface area contributed by atoms with Gasteiger partial charge in [0.1, 0.15) is 0 Å². The first kappa shape index (κ1) is 106. The maximum absolute atomic E-state index is 14.5. The van der Waals surface area contributed by atoms with Crippen molar-refractivity contribution in [2.75, 3.05) is 141 Å². The van der Waals surface area contributed by atoms with Gasteiger partial charge in [0, 0.05) is 84.8 Å². The molecule has 4 aliphatic rings. The Labute approximate surface area is 819 Å². The summed E-state index contributed by atoms with van der Waals surface area (Å²) in [5.41, 5.74) is 18.7. The summed E-state index contributed by atoms with van der Waals surface area (Å²) in [6, 6.07) is 41.6. The highest BCUT2D eigenvalue weighted by Gasteiger charge is 2.36. The molecular formula is C100H104F16N24O4. The van der Waals surface area contributed by atoms with Crippen LogP contribution in [0.15, 0.2) is 215 Å². The molecule has 4 fully saturated rings. The maximum atomic E-state index is 14.5. The van der Waals surface area contributed by atoms with Gasteiger partial charge in [0.2, 0.25) is 23.8 Å². The fraction of sp³-hybridized carbons (Fsp3) is 0.320. The Bertz CT molecular complexity index is 6460. The van der Waals surface area contributed by atoms with Crippen LogP contribution in [0.4, 0.5) is 163 Å². The van der Waals surface area contributed by atoms with Crippen LogP contribution in [-0.2, 0) is 56.5 Å². The van der Waals surface area contributed by atoms with Crippen LogP contribution in [0.25, 0.3) is 0 Å². The summed E-state index contributed by atoms with van der Waals surface area (Å²) in [4.78, 5) is 40.3. The third kappa shape index (κ3) is 30.1. The second-order valence-corrected chi connectivity index (χ2v) is 33.4. The lowest BCUT2D eigenvalue weighted by Gasteiger charge is -2.36. The molecule has 760 valence electrons.